The van der Waals surface area contributed by atoms with Crippen molar-refractivity contribution >= 4 is 23.1 Å². The van der Waals surface area contributed by atoms with Crippen LogP contribution in [0.2, 0.25) is 0 Å². The summed E-state index contributed by atoms with van der Waals surface area (Å²) < 4.78 is 10.4. The van der Waals surface area contributed by atoms with E-state index >= 15 is 0 Å². The van der Waals surface area contributed by atoms with Crippen molar-refractivity contribution in [3.05, 3.63) is 23.8 Å². The van der Waals surface area contributed by atoms with Gasteiger partial charge in [0, 0.05) is 11.6 Å². The fourth-order valence-corrected chi connectivity index (χ4v) is 1.30. The monoisotopic (exact) mass is 254 g/mol. The van der Waals surface area contributed by atoms with Gasteiger partial charge in [-0.2, -0.15) is 0 Å². The van der Waals surface area contributed by atoms with Crippen molar-refractivity contribution in [2.75, 3.05) is 13.7 Å². The highest BCUT2D eigenvalue weighted by Crippen LogP contribution is 2.22. The molecule has 6 heteroatoms. The van der Waals surface area contributed by atoms with Crippen LogP contribution in [-0.2, 0) is 4.79 Å². The molecule has 0 saturated carbocycles. The summed E-state index contributed by atoms with van der Waals surface area (Å²) in [6.07, 6.45) is 0.152. The zero-order chi connectivity index (χ0) is 12.8. The highest BCUT2D eigenvalue weighted by molar-refractivity contribution is 7.80. The van der Waals surface area contributed by atoms with Gasteiger partial charge >= 0.3 is 0 Å². The van der Waals surface area contributed by atoms with Gasteiger partial charge in [-0.1, -0.05) is 12.2 Å². The summed E-state index contributed by atoms with van der Waals surface area (Å²) in [5, 5.41) is 0. The summed E-state index contributed by atoms with van der Waals surface area (Å²) in [6.45, 7) is 0.208. The topological polar surface area (TPSA) is 87.6 Å². The van der Waals surface area contributed by atoms with Gasteiger partial charge in [-0.05, 0) is 12.1 Å². The van der Waals surface area contributed by atoms with Gasteiger partial charge in [0.25, 0.3) is 0 Å². The van der Waals surface area contributed by atoms with E-state index in [9.17, 15) is 4.79 Å². The van der Waals surface area contributed by atoms with Crippen LogP contribution in [0.4, 0.5) is 0 Å². The summed E-state index contributed by atoms with van der Waals surface area (Å²) >= 11 is 4.88. The number of primary amides is 1. The summed E-state index contributed by atoms with van der Waals surface area (Å²) in [5.41, 5.74) is 11.2. The third-order valence-corrected chi connectivity index (χ3v) is 2.25. The minimum absolute atomic E-state index is 0.152. The molecule has 17 heavy (non-hydrogen) atoms. The minimum Gasteiger partial charge on any atom is -0.497 e. The number of nitrogens with two attached hydrogens (primary N) is 2. The van der Waals surface area contributed by atoms with Crippen LogP contribution in [0.1, 0.15) is 12.0 Å². The van der Waals surface area contributed by atoms with E-state index in [0.717, 1.165) is 0 Å². The molecule has 5 nitrogen and oxygen atoms in total. The molecule has 0 heterocycles. The largest absolute Gasteiger partial charge is 0.497 e. The predicted octanol–water partition coefficient (Wildman–Crippen LogP) is 0.584. The van der Waals surface area contributed by atoms with Crippen molar-refractivity contribution in [1.82, 2.24) is 0 Å². The normalized spacial score (nSPS) is 9.71. The number of benzene rings is 1. The van der Waals surface area contributed by atoms with Gasteiger partial charge in [0.05, 0.1) is 20.1 Å². The number of hydrogen-bond acceptors (Lipinski definition) is 4. The molecule has 0 unspecified atom stereocenters. The number of rotatable bonds is 6. The number of methoxy groups -OCH3 is 1. The van der Waals surface area contributed by atoms with Gasteiger partial charge in [-0.3, -0.25) is 4.79 Å². The van der Waals surface area contributed by atoms with E-state index in [2.05, 4.69) is 0 Å². The van der Waals surface area contributed by atoms with Crippen molar-refractivity contribution in [1.29, 1.82) is 0 Å². The average Bonchev–Trinajstić information content (AvgIpc) is 2.28. The van der Waals surface area contributed by atoms with Gasteiger partial charge in [-0.25, -0.2) is 0 Å². The number of ether oxygens (including phenoxy) is 2. The van der Waals surface area contributed by atoms with E-state index < -0.39 is 5.91 Å². The molecule has 0 radical (unpaired) electrons. The lowest BCUT2D eigenvalue weighted by Crippen LogP contribution is -2.15. The first-order chi connectivity index (χ1) is 8.02. The molecular formula is C11H14N2O3S. The van der Waals surface area contributed by atoms with Gasteiger partial charge in [0.1, 0.15) is 16.5 Å². The summed E-state index contributed by atoms with van der Waals surface area (Å²) in [4.78, 5) is 10.8. The number of carbonyl (C=O) groups excluding carboxylic acids is 1. The highest BCUT2D eigenvalue weighted by atomic mass is 32.1. The Morgan fingerprint density at radius 2 is 1.94 bits per heavy atom. The molecule has 1 aromatic carbocycles. The van der Waals surface area contributed by atoms with Crippen molar-refractivity contribution in [2.24, 2.45) is 11.5 Å². The number of carbonyl (C=O) groups is 1. The van der Waals surface area contributed by atoms with E-state index in [4.69, 9.17) is 33.2 Å². The molecule has 0 atom stereocenters. The Hall–Kier alpha value is -1.82. The maximum Gasteiger partial charge on any atom is 0.220 e. The van der Waals surface area contributed by atoms with Crippen LogP contribution in [0.3, 0.4) is 0 Å². The molecule has 1 aromatic rings. The molecule has 0 aromatic heterocycles. The Morgan fingerprint density at radius 1 is 1.29 bits per heavy atom. The third kappa shape index (κ3) is 4.28. The first-order valence-electron chi connectivity index (χ1n) is 4.93. The van der Waals surface area contributed by atoms with Crippen LogP contribution in [0, 0.1) is 0 Å². The molecule has 0 bridgehead atoms. The standard InChI is InChI=1S/C11H14N2O3S/c1-15-8-4-7(11(13)17)5-9(6-8)16-3-2-10(12)14/h4-6H,2-3H2,1H3,(H2,12,14)(H2,13,17). The van der Waals surface area contributed by atoms with Gasteiger partial charge in [-0.15, -0.1) is 0 Å². The second kappa shape index (κ2) is 6.05. The van der Waals surface area contributed by atoms with E-state index in [-0.39, 0.29) is 18.0 Å². The fraction of sp³-hybridized carbons (Fsp3) is 0.273. The van der Waals surface area contributed by atoms with Crippen LogP contribution in [0.5, 0.6) is 11.5 Å². The van der Waals surface area contributed by atoms with Gasteiger partial charge < -0.3 is 20.9 Å². The number of amides is 1. The van der Waals surface area contributed by atoms with Crippen molar-refractivity contribution in [2.45, 2.75) is 6.42 Å². The van der Waals surface area contributed by atoms with E-state index in [1.807, 2.05) is 0 Å². The molecule has 0 spiro atoms. The second-order valence-electron chi connectivity index (χ2n) is 3.33. The molecule has 92 valence electrons. The Labute approximate surface area is 105 Å². The number of thiocarbonyl (C=S) groups is 1. The third-order valence-electron chi connectivity index (χ3n) is 2.02. The van der Waals surface area contributed by atoms with E-state index in [1.54, 1.807) is 18.2 Å². The fourth-order valence-electron chi connectivity index (χ4n) is 1.18. The van der Waals surface area contributed by atoms with Gasteiger partial charge in [0.2, 0.25) is 5.91 Å². The Kier molecular flexibility index (Phi) is 4.71. The van der Waals surface area contributed by atoms with E-state index in [1.165, 1.54) is 7.11 Å². The first kappa shape index (κ1) is 13.2. The highest BCUT2D eigenvalue weighted by Gasteiger charge is 2.05. The maximum absolute atomic E-state index is 10.6. The molecule has 0 fully saturated rings. The predicted molar refractivity (Wildman–Crippen MR) is 68.2 cm³/mol. The molecule has 0 aliphatic carbocycles. The Bertz CT molecular complexity index is 435. The SMILES string of the molecule is COc1cc(OCCC(N)=O)cc(C(N)=S)c1. The lowest BCUT2D eigenvalue weighted by atomic mass is 10.2. The van der Waals surface area contributed by atoms with Crippen molar-refractivity contribution in [3.63, 3.8) is 0 Å². The smallest absolute Gasteiger partial charge is 0.220 e. The lowest BCUT2D eigenvalue weighted by Gasteiger charge is -2.09. The molecule has 0 saturated heterocycles. The molecule has 0 aliphatic heterocycles. The minimum atomic E-state index is -0.414. The lowest BCUT2D eigenvalue weighted by molar-refractivity contribution is -0.118. The van der Waals surface area contributed by atoms with Crippen LogP contribution in [0.25, 0.3) is 0 Å². The summed E-state index contributed by atoms with van der Waals surface area (Å²) in [6, 6.07) is 5.08. The van der Waals surface area contributed by atoms with Crippen LogP contribution in [-0.4, -0.2) is 24.6 Å². The summed E-state index contributed by atoms with van der Waals surface area (Å²) in [5.74, 6) is 0.709. The molecular weight excluding hydrogens is 240 g/mol. The quantitative estimate of drug-likeness (QED) is 0.725. The zero-order valence-electron chi connectivity index (χ0n) is 9.43. The Balaban J connectivity index is 2.80. The molecule has 0 aliphatic rings. The average molecular weight is 254 g/mol. The Morgan fingerprint density at radius 3 is 2.47 bits per heavy atom. The maximum atomic E-state index is 10.6. The van der Waals surface area contributed by atoms with Crippen LogP contribution < -0.4 is 20.9 Å². The first-order valence-corrected chi connectivity index (χ1v) is 5.33. The zero-order valence-corrected chi connectivity index (χ0v) is 10.3. The second-order valence-corrected chi connectivity index (χ2v) is 3.77. The van der Waals surface area contributed by atoms with Crippen molar-refractivity contribution in [3.8, 4) is 11.5 Å². The van der Waals surface area contributed by atoms with Gasteiger partial charge in [0.15, 0.2) is 0 Å². The van der Waals surface area contributed by atoms with Crippen LogP contribution >= 0.6 is 12.2 Å². The molecule has 4 N–H and O–H groups in total. The van der Waals surface area contributed by atoms with E-state index in [0.29, 0.717) is 17.1 Å². The summed E-state index contributed by atoms with van der Waals surface area (Å²) in [7, 11) is 1.53. The molecule has 1 rings (SSSR count). The van der Waals surface area contributed by atoms with Crippen LogP contribution in [0.15, 0.2) is 18.2 Å². The molecule has 1 amide bonds. The number of hydrogen-bond donors (Lipinski definition) is 2. The van der Waals surface area contributed by atoms with Crippen molar-refractivity contribution < 1.29 is 14.3 Å².